The first-order valence-corrected chi connectivity index (χ1v) is 3.79. The van der Waals surface area contributed by atoms with Gasteiger partial charge in [-0.05, 0) is 21.0 Å². The molecule has 0 aliphatic heterocycles. The third-order valence-electron chi connectivity index (χ3n) is 1.27. The molecule has 64 valence electrons. The Balaban J connectivity index is 3.10. The van der Waals surface area contributed by atoms with Crippen molar-refractivity contribution in [2.45, 2.75) is 6.92 Å². The van der Waals surface area contributed by atoms with E-state index in [0.29, 0.717) is 13.2 Å². The van der Waals surface area contributed by atoms with E-state index < -0.39 is 0 Å². The lowest BCUT2D eigenvalue weighted by atomic mass is 10.2. The summed E-state index contributed by atoms with van der Waals surface area (Å²) >= 11 is 0. The maximum atomic E-state index is 8.40. The molecule has 0 bridgehead atoms. The van der Waals surface area contributed by atoms with E-state index in [1.807, 2.05) is 21.0 Å². The zero-order valence-electron chi connectivity index (χ0n) is 7.50. The molecule has 0 fully saturated rings. The number of nitriles is 1. The monoisotopic (exact) mass is 156 g/mol. The number of nitrogens with zero attached hydrogens (tertiary/aromatic N) is 2. The van der Waals surface area contributed by atoms with Crippen LogP contribution in [-0.2, 0) is 4.74 Å². The first-order valence-electron chi connectivity index (χ1n) is 3.79. The summed E-state index contributed by atoms with van der Waals surface area (Å²) in [5.41, 5.74) is 0. The lowest BCUT2D eigenvalue weighted by Crippen LogP contribution is -2.19. The number of likely N-dealkylation sites (N-methyl/N-ethyl adjacent to an activating group) is 1. The van der Waals surface area contributed by atoms with Crippen LogP contribution in [0.15, 0.2) is 0 Å². The molecule has 3 heteroatoms. The summed E-state index contributed by atoms with van der Waals surface area (Å²) in [6.07, 6.45) is 0. The molecule has 1 unspecified atom stereocenters. The fourth-order valence-corrected chi connectivity index (χ4v) is 0.545. The Morgan fingerprint density at radius 3 is 2.64 bits per heavy atom. The Kier molecular flexibility index (Phi) is 5.81. The standard InChI is InChI=1S/C8H16N2O/c1-8(6-9)7-11-5-4-10(2)3/h8H,4-5,7H2,1-3H3. The highest BCUT2D eigenvalue weighted by Gasteiger charge is 1.98. The van der Waals surface area contributed by atoms with Crippen LogP contribution in [0.3, 0.4) is 0 Å². The van der Waals surface area contributed by atoms with Crippen LogP contribution in [-0.4, -0.2) is 38.8 Å². The summed E-state index contributed by atoms with van der Waals surface area (Å²) in [4.78, 5) is 2.05. The molecule has 0 spiro atoms. The second-order valence-corrected chi connectivity index (χ2v) is 2.91. The first-order chi connectivity index (χ1) is 5.16. The molecule has 0 aliphatic rings. The quantitative estimate of drug-likeness (QED) is 0.550. The van der Waals surface area contributed by atoms with Gasteiger partial charge in [0.05, 0.1) is 25.2 Å². The third kappa shape index (κ3) is 7.31. The summed E-state index contributed by atoms with van der Waals surface area (Å²) in [6.45, 7) is 4.02. The van der Waals surface area contributed by atoms with Crippen LogP contribution in [0.4, 0.5) is 0 Å². The summed E-state index contributed by atoms with van der Waals surface area (Å²) in [6, 6.07) is 2.11. The van der Waals surface area contributed by atoms with Crippen LogP contribution in [0.1, 0.15) is 6.92 Å². The maximum Gasteiger partial charge on any atom is 0.0677 e. The fourth-order valence-electron chi connectivity index (χ4n) is 0.545. The van der Waals surface area contributed by atoms with Crippen LogP contribution in [0.25, 0.3) is 0 Å². The maximum absolute atomic E-state index is 8.40. The Morgan fingerprint density at radius 2 is 2.18 bits per heavy atom. The number of rotatable bonds is 5. The lowest BCUT2D eigenvalue weighted by Gasteiger charge is -2.09. The minimum atomic E-state index is 0.0113. The largest absolute Gasteiger partial charge is 0.379 e. The lowest BCUT2D eigenvalue weighted by molar-refractivity contribution is 0.104. The Labute approximate surface area is 68.6 Å². The van der Waals surface area contributed by atoms with Gasteiger partial charge in [0, 0.05) is 6.54 Å². The van der Waals surface area contributed by atoms with Gasteiger partial charge in [0.15, 0.2) is 0 Å². The molecule has 0 heterocycles. The minimum absolute atomic E-state index is 0.0113. The van der Waals surface area contributed by atoms with E-state index in [4.69, 9.17) is 10.00 Å². The van der Waals surface area contributed by atoms with Gasteiger partial charge in [-0.15, -0.1) is 0 Å². The molecular formula is C8H16N2O. The summed E-state index contributed by atoms with van der Waals surface area (Å²) < 4.78 is 5.23. The molecule has 0 saturated carbocycles. The molecule has 0 radical (unpaired) electrons. The molecule has 3 nitrogen and oxygen atoms in total. The smallest absolute Gasteiger partial charge is 0.0677 e. The van der Waals surface area contributed by atoms with Gasteiger partial charge in [-0.1, -0.05) is 0 Å². The molecule has 0 saturated heterocycles. The predicted octanol–water partition coefficient (Wildman–Crippen LogP) is 0.724. The highest BCUT2D eigenvalue weighted by atomic mass is 16.5. The van der Waals surface area contributed by atoms with Crippen LogP contribution in [0, 0.1) is 17.2 Å². The van der Waals surface area contributed by atoms with Crippen molar-refractivity contribution < 1.29 is 4.74 Å². The molecule has 11 heavy (non-hydrogen) atoms. The molecule has 0 amide bonds. The zero-order valence-corrected chi connectivity index (χ0v) is 7.50. The molecule has 0 aliphatic carbocycles. The SMILES string of the molecule is CC(C#N)COCCN(C)C. The van der Waals surface area contributed by atoms with Crippen molar-refractivity contribution in [1.82, 2.24) is 4.90 Å². The molecule has 0 N–H and O–H groups in total. The van der Waals surface area contributed by atoms with Crippen molar-refractivity contribution in [1.29, 1.82) is 5.26 Å². The third-order valence-corrected chi connectivity index (χ3v) is 1.27. The number of ether oxygens (including phenoxy) is 1. The Bertz CT molecular complexity index is 129. The van der Waals surface area contributed by atoms with E-state index in [1.54, 1.807) is 0 Å². The van der Waals surface area contributed by atoms with Gasteiger partial charge in [-0.3, -0.25) is 0 Å². The Morgan fingerprint density at radius 1 is 1.55 bits per heavy atom. The second kappa shape index (κ2) is 6.14. The highest BCUT2D eigenvalue weighted by molar-refractivity contribution is 4.77. The predicted molar refractivity (Wildman–Crippen MR) is 44.2 cm³/mol. The molecule has 1 atom stereocenters. The topological polar surface area (TPSA) is 36.3 Å². The first kappa shape index (κ1) is 10.4. The molecular weight excluding hydrogens is 140 g/mol. The average Bonchev–Trinajstić information content (AvgIpc) is 1.97. The van der Waals surface area contributed by atoms with Crippen molar-refractivity contribution in [3.8, 4) is 6.07 Å². The summed E-state index contributed by atoms with van der Waals surface area (Å²) in [5.74, 6) is 0.0113. The average molecular weight is 156 g/mol. The van der Waals surface area contributed by atoms with E-state index in [2.05, 4.69) is 11.0 Å². The van der Waals surface area contributed by atoms with Crippen LogP contribution < -0.4 is 0 Å². The van der Waals surface area contributed by atoms with Gasteiger partial charge in [0.25, 0.3) is 0 Å². The summed E-state index contributed by atoms with van der Waals surface area (Å²) in [7, 11) is 3.99. The molecule has 0 aromatic rings. The van der Waals surface area contributed by atoms with E-state index >= 15 is 0 Å². The van der Waals surface area contributed by atoms with E-state index in [1.165, 1.54) is 0 Å². The van der Waals surface area contributed by atoms with Crippen molar-refractivity contribution in [2.75, 3.05) is 33.9 Å². The van der Waals surface area contributed by atoms with Crippen molar-refractivity contribution in [2.24, 2.45) is 5.92 Å². The van der Waals surface area contributed by atoms with Gasteiger partial charge in [-0.25, -0.2) is 0 Å². The number of hydrogen-bond donors (Lipinski definition) is 0. The van der Waals surface area contributed by atoms with Crippen molar-refractivity contribution >= 4 is 0 Å². The minimum Gasteiger partial charge on any atom is -0.379 e. The van der Waals surface area contributed by atoms with Crippen LogP contribution in [0.2, 0.25) is 0 Å². The van der Waals surface area contributed by atoms with Gasteiger partial charge in [0.2, 0.25) is 0 Å². The van der Waals surface area contributed by atoms with Gasteiger partial charge in [0.1, 0.15) is 0 Å². The van der Waals surface area contributed by atoms with Gasteiger partial charge < -0.3 is 9.64 Å². The molecule has 0 rings (SSSR count). The van der Waals surface area contributed by atoms with E-state index in [-0.39, 0.29) is 5.92 Å². The van der Waals surface area contributed by atoms with Gasteiger partial charge in [-0.2, -0.15) is 5.26 Å². The van der Waals surface area contributed by atoms with Crippen LogP contribution in [0.5, 0.6) is 0 Å². The molecule has 0 aromatic heterocycles. The van der Waals surface area contributed by atoms with Gasteiger partial charge >= 0.3 is 0 Å². The Hall–Kier alpha value is -0.590. The normalized spacial score (nSPS) is 13.0. The number of hydrogen-bond acceptors (Lipinski definition) is 3. The van der Waals surface area contributed by atoms with Crippen molar-refractivity contribution in [3.63, 3.8) is 0 Å². The van der Waals surface area contributed by atoms with Crippen molar-refractivity contribution in [3.05, 3.63) is 0 Å². The van der Waals surface area contributed by atoms with E-state index in [9.17, 15) is 0 Å². The summed E-state index contributed by atoms with van der Waals surface area (Å²) in [5, 5.41) is 8.40. The second-order valence-electron chi connectivity index (χ2n) is 2.91. The molecule has 0 aromatic carbocycles. The zero-order chi connectivity index (χ0) is 8.69. The van der Waals surface area contributed by atoms with Crippen LogP contribution >= 0.6 is 0 Å². The highest BCUT2D eigenvalue weighted by Crippen LogP contribution is 1.91. The van der Waals surface area contributed by atoms with E-state index in [0.717, 1.165) is 6.54 Å². The fraction of sp³-hybridized carbons (Fsp3) is 0.875.